The summed E-state index contributed by atoms with van der Waals surface area (Å²) < 4.78 is 68.2. The van der Waals surface area contributed by atoms with Crippen LogP contribution < -0.4 is 0 Å². The highest BCUT2D eigenvalue weighted by atomic mass is 31.2. The van der Waals surface area contributed by atoms with E-state index in [1.807, 2.05) is 0 Å². The second-order valence-corrected chi connectivity index (χ2v) is 29.6. The summed E-state index contributed by atoms with van der Waals surface area (Å²) in [4.78, 5) is 72.5. The molecule has 528 valence electrons. The molecular formula is C70H136O17P2. The zero-order chi connectivity index (χ0) is 65.9. The molecule has 0 bridgehead atoms. The molecule has 0 aromatic heterocycles. The third-order valence-corrected chi connectivity index (χ3v) is 18.0. The van der Waals surface area contributed by atoms with Gasteiger partial charge in [-0.25, -0.2) is 9.13 Å². The van der Waals surface area contributed by atoms with E-state index >= 15 is 0 Å². The number of unbranched alkanes of at least 4 members (excludes halogenated alkanes) is 36. The molecule has 0 aliphatic rings. The Kier molecular flexibility index (Phi) is 59.6. The SMILES string of the molecule is CCCCCCCCCCCCCCCCCCCCC(=O)O[C@H](COC(=O)CCCCCCCCCCC(C)C)COP(=O)(O)OC[C@@H](O)COP(=O)(O)OC[C@@H](COC(=O)CCCCCCCCCC(C)C)OC(=O)CCCCCCCCCC(C)C. The number of carbonyl (C=O) groups is 4. The zero-order valence-electron chi connectivity index (χ0n) is 57.9. The molecule has 0 rings (SSSR count). The number of phosphoric ester groups is 2. The molecule has 0 aromatic carbocycles. The van der Waals surface area contributed by atoms with Crippen LogP contribution in [-0.4, -0.2) is 96.7 Å². The predicted octanol–water partition coefficient (Wildman–Crippen LogP) is 19.8. The Hall–Kier alpha value is -1.94. The normalized spacial score (nSPS) is 14.2. The largest absolute Gasteiger partial charge is 0.472 e. The number of carbonyl (C=O) groups excluding carboxylic acids is 4. The molecule has 0 heterocycles. The lowest BCUT2D eigenvalue weighted by Gasteiger charge is -2.21. The van der Waals surface area contributed by atoms with Crippen molar-refractivity contribution in [2.45, 2.75) is 369 Å². The summed E-state index contributed by atoms with van der Waals surface area (Å²) in [5.41, 5.74) is 0. The number of hydrogen-bond acceptors (Lipinski definition) is 15. The lowest BCUT2D eigenvalue weighted by Crippen LogP contribution is -2.30. The van der Waals surface area contributed by atoms with Crippen LogP contribution in [0.1, 0.15) is 350 Å². The lowest BCUT2D eigenvalue weighted by atomic mass is 10.0. The van der Waals surface area contributed by atoms with E-state index in [4.69, 9.17) is 37.0 Å². The fourth-order valence-corrected chi connectivity index (χ4v) is 12.1. The van der Waals surface area contributed by atoms with Crippen LogP contribution in [0.25, 0.3) is 0 Å². The van der Waals surface area contributed by atoms with E-state index in [2.05, 4.69) is 48.5 Å². The van der Waals surface area contributed by atoms with Gasteiger partial charge in [-0.05, 0) is 43.4 Å². The van der Waals surface area contributed by atoms with Crippen molar-refractivity contribution in [1.29, 1.82) is 0 Å². The van der Waals surface area contributed by atoms with Crippen molar-refractivity contribution in [2.75, 3.05) is 39.6 Å². The van der Waals surface area contributed by atoms with Gasteiger partial charge in [0.2, 0.25) is 0 Å². The molecule has 0 saturated carbocycles. The number of esters is 4. The third-order valence-electron chi connectivity index (χ3n) is 16.1. The van der Waals surface area contributed by atoms with E-state index in [0.717, 1.165) is 102 Å². The van der Waals surface area contributed by atoms with Crippen LogP contribution in [0.4, 0.5) is 0 Å². The topological polar surface area (TPSA) is 237 Å². The summed E-state index contributed by atoms with van der Waals surface area (Å²) in [5.74, 6) is -0.00358. The molecule has 19 heteroatoms. The highest BCUT2D eigenvalue weighted by molar-refractivity contribution is 7.47. The fourth-order valence-electron chi connectivity index (χ4n) is 10.5. The molecule has 0 amide bonds. The van der Waals surface area contributed by atoms with Crippen molar-refractivity contribution < 1.29 is 80.2 Å². The first-order chi connectivity index (χ1) is 42.7. The van der Waals surface area contributed by atoms with E-state index in [1.54, 1.807) is 0 Å². The minimum absolute atomic E-state index is 0.102. The van der Waals surface area contributed by atoms with Crippen molar-refractivity contribution in [2.24, 2.45) is 17.8 Å². The molecule has 3 N–H and O–H groups in total. The molecule has 0 saturated heterocycles. The zero-order valence-corrected chi connectivity index (χ0v) is 59.7. The number of rotatable bonds is 68. The van der Waals surface area contributed by atoms with Crippen LogP contribution in [0.3, 0.4) is 0 Å². The van der Waals surface area contributed by atoms with Crippen LogP contribution in [0.15, 0.2) is 0 Å². The molecule has 0 aromatic rings. The summed E-state index contributed by atoms with van der Waals surface area (Å²) in [5, 5.41) is 10.6. The van der Waals surface area contributed by atoms with E-state index in [1.165, 1.54) is 154 Å². The Labute approximate surface area is 543 Å². The first kappa shape index (κ1) is 87.1. The van der Waals surface area contributed by atoms with Crippen LogP contribution >= 0.6 is 15.6 Å². The van der Waals surface area contributed by atoms with Gasteiger partial charge in [-0.1, -0.05) is 299 Å². The molecule has 5 atom stereocenters. The Morgan fingerprint density at radius 3 is 0.764 bits per heavy atom. The van der Waals surface area contributed by atoms with Gasteiger partial charge < -0.3 is 33.8 Å². The van der Waals surface area contributed by atoms with Crippen LogP contribution in [0, 0.1) is 17.8 Å². The minimum atomic E-state index is -4.95. The highest BCUT2D eigenvalue weighted by Gasteiger charge is 2.30. The van der Waals surface area contributed by atoms with E-state index in [9.17, 15) is 43.2 Å². The van der Waals surface area contributed by atoms with Gasteiger partial charge in [-0.2, -0.15) is 0 Å². The Morgan fingerprint density at radius 1 is 0.303 bits per heavy atom. The Bertz CT molecular complexity index is 1750. The maximum atomic E-state index is 13.0. The van der Waals surface area contributed by atoms with Crippen molar-refractivity contribution in [3.05, 3.63) is 0 Å². The molecule has 0 radical (unpaired) electrons. The second kappa shape index (κ2) is 61.0. The second-order valence-electron chi connectivity index (χ2n) is 26.7. The maximum Gasteiger partial charge on any atom is 0.472 e. The van der Waals surface area contributed by atoms with Gasteiger partial charge in [-0.15, -0.1) is 0 Å². The summed E-state index contributed by atoms with van der Waals surface area (Å²) >= 11 is 0. The minimum Gasteiger partial charge on any atom is -0.462 e. The van der Waals surface area contributed by atoms with Gasteiger partial charge in [0.05, 0.1) is 26.4 Å². The molecule has 17 nitrogen and oxygen atoms in total. The van der Waals surface area contributed by atoms with Crippen LogP contribution in [0.2, 0.25) is 0 Å². The fraction of sp³-hybridized carbons (Fsp3) is 0.943. The first-order valence-electron chi connectivity index (χ1n) is 36.3. The van der Waals surface area contributed by atoms with E-state index in [-0.39, 0.29) is 25.7 Å². The smallest absolute Gasteiger partial charge is 0.462 e. The molecular weight excluding hydrogens is 1170 g/mol. The molecule has 89 heavy (non-hydrogen) atoms. The molecule has 0 aliphatic carbocycles. The van der Waals surface area contributed by atoms with Gasteiger partial charge in [0.25, 0.3) is 0 Å². The Morgan fingerprint density at radius 2 is 0.517 bits per heavy atom. The van der Waals surface area contributed by atoms with E-state index in [0.29, 0.717) is 37.5 Å². The van der Waals surface area contributed by atoms with Crippen LogP contribution in [0.5, 0.6) is 0 Å². The van der Waals surface area contributed by atoms with Crippen molar-refractivity contribution >= 4 is 39.5 Å². The van der Waals surface area contributed by atoms with Gasteiger partial charge in [0, 0.05) is 25.7 Å². The third kappa shape index (κ3) is 64.6. The quantitative estimate of drug-likeness (QED) is 0.0222. The number of ether oxygens (including phenoxy) is 4. The summed E-state index contributed by atoms with van der Waals surface area (Å²) in [6, 6.07) is 0. The number of hydrogen-bond donors (Lipinski definition) is 3. The Balaban J connectivity index is 5.21. The summed E-state index contributed by atoms with van der Waals surface area (Å²) in [6.07, 6.45) is 44.7. The molecule has 0 spiro atoms. The van der Waals surface area contributed by atoms with Gasteiger partial charge in [-0.3, -0.25) is 37.3 Å². The number of phosphoric acid groups is 2. The van der Waals surface area contributed by atoms with E-state index < -0.39 is 97.5 Å². The van der Waals surface area contributed by atoms with Gasteiger partial charge in [0.15, 0.2) is 12.2 Å². The average molecular weight is 1310 g/mol. The maximum absolute atomic E-state index is 13.0. The van der Waals surface area contributed by atoms with Crippen molar-refractivity contribution in [3.8, 4) is 0 Å². The van der Waals surface area contributed by atoms with Crippen molar-refractivity contribution in [3.63, 3.8) is 0 Å². The highest BCUT2D eigenvalue weighted by Crippen LogP contribution is 2.45. The first-order valence-corrected chi connectivity index (χ1v) is 39.3. The van der Waals surface area contributed by atoms with Crippen LogP contribution in [-0.2, 0) is 65.4 Å². The van der Waals surface area contributed by atoms with Gasteiger partial charge in [0.1, 0.15) is 19.3 Å². The number of aliphatic hydroxyl groups is 1. The predicted molar refractivity (Wildman–Crippen MR) is 358 cm³/mol. The van der Waals surface area contributed by atoms with Gasteiger partial charge >= 0.3 is 39.5 Å². The standard InChI is InChI=1S/C70H136O17P2/c1-8-9-10-11-12-13-14-15-16-17-18-19-20-21-22-31-39-46-53-69(74)86-65(57-80-67(72)51-44-37-30-24-23-27-34-41-48-61(2)3)59-84-88(76,77)82-55-64(71)56-83-89(78,79)85-60-66(87-70(75)54-47-40-33-26-29-36-43-50-63(6)7)58-81-68(73)52-45-38-32-25-28-35-42-49-62(4)5/h61-66,71H,8-60H2,1-7H3,(H,76,77)(H,78,79)/t64-,65-,66-/m1/s1. The molecule has 2 unspecified atom stereocenters. The number of aliphatic hydroxyl groups excluding tert-OH is 1. The lowest BCUT2D eigenvalue weighted by molar-refractivity contribution is -0.161. The summed E-state index contributed by atoms with van der Waals surface area (Å²) in [7, 11) is -9.90. The average Bonchev–Trinajstić information content (AvgIpc) is 3.69. The molecule has 0 aliphatic heterocycles. The molecule has 0 fully saturated rings. The monoisotopic (exact) mass is 1310 g/mol. The van der Waals surface area contributed by atoms with Crippen molar-refractivity contribution in [1.82, 2.24) is 0 Å². The summed E-state index contributed by atoms with van der Waals surface area (Å²) in [6.45, 7) is 11.7.